The Morgan fingerprint density at radius 3 is 2.56 bits per heavy atom. The Labute approximate surface area is 149 Å². The molecule has 3 aromatic rings. The number of benzene rings is 1. The molecule has 0 aliphatic rings. The number of nitrogens with zero attached hydrogens (tertiary/aromatic N) is 2. The first-order valence-electron chi connectivity index (χ1n) is 8.13. The van der Waals surface area contributed by atoms with Crippen LogP contribution in [-0.2, 0) is 9.53 Å². The van der Waals surface area contributed by atoms with E-state index in [9.17, 15) is 9.59 Å². The molecular weight excluding hydrogens is 336 g/mol. The molecule has 25 heavy (non-hydrogen) atoms. The highest BCUT2D eigenvalue weighted by Crippen LogP contribution is 2.35. The van der Waals surface area contributed by atoms with Gasteiger partial charge < -0.3 is 4.74 Å². The quantitative estimate of drug-likeness (QED) is 0.666. The van der Waals surface area contributed by atoms with E-state index in [4.69, 9.17) is 4.74 Å². The van der Waals surface area contributed by atoms with Crippen molar-refractivity contribution in [3.63, 3.8) is 0 Å². The predicted octanol–water partition coefficient (Wildman–Crippen LogP) is 3.87. The minimum absolute atomic E-state index is 0.206. The molecule has 0 saturated heterocycles. The van der Waals surface area contributed by atoms with Crippen molar-refractivity contribution in [3.8, 4) is 11.1 Å². The maximum Gasteiger partial charge on any atom is 0.329 e. The van der Waals surface area contributed by atoms with Crippen molar-refractivity contribution in [2.75, 3.05) is 7.11 Å². The summed E-state index contributed by atoms with van der Waals surface area (Å²) < 4.78 is 6.22. The third kappa shape index (κ3) is 2.98. The molecule has 130 valence electrons. The van der Waals surface area contributed by atoms with E-state index in [1.165, 1.54) is 29.3 Å². The van der Waals surface area contributed by atoms with Crippen molar-refractivity contribution >= 4 is 27.5 Å². The Balaban J connectivity index is 2.28. The van der Waals surface area contributed by atoms with E-state index < -0.39 is 12.0 Å². The van der Waals surface area contributed by atoms with Crippen molar-refractivity contribution in [3.05, 3.63) is 51.4 Å². The van der Waals surface area contributed by atoms with Crippen LogP contribution in [0.25, 0.3) is 21.3 Å². The molecule has 2 aromatic heterocycles. The van der Waals surface area contributed by atoms with Gasteiger partial charge in [0.05, 0.1) is 18.8 Å². The van der Waals surface area contributed by atoms with E-state index in [2.05, 4.69) is 4.98 Å². The zero-order valence-corrected chi connectivity index (χ0v) is 15.5. The fourth-order valence-corrected chi connectivity index (χ4v) is 4.02. The molecule has 0 aliphatic heterocycles. The highest BCUT2D eigenvalue weighted by atomic mass is 32.1. The van der Waals surface area contributed by atoms with E-state index in [-0.39, 0.29) is 5.56 Å². The summed E-state index contributed by atoms with van der Waals surface area (Å²) in [4.78, 5) is 31.3. The second-order valence-electron chi connectivity index (χ2n) is 5.98. The third-order valence-electron chi connectivity index (χ3n) is 4.35. The zero-order valence-electron chi connectivity index (χ0n) is 14.7. The maximum absolute atomic E-state index is 13.1. The number of fused-ring (bicyclic) bond motifs is 1. The van der Waals surface area contributed by atoms with Gasteiger partial charge in [-0.2, -0.15) is 0 Å². The predicted molar refractivity (Wildman–Crippen MR) is 100 cm³/mol. The first-order valence-corrected chi connectivity index (χ1v) is 8.94. The van der Waals surface area contributed by atoms with Crippen LogP contribution in [0.15, 0.2) is 35.4 Å². The summed E-state index contributed by atoms with van der Waals surface area (Å²) in [5.74, 6) is -0.436. The van der Waals surface area contributed by atoms with Gasteiger partial charge in [0, 0.05) is 10.4 Å². The Hall–Kier alpha value is -2.47. The van der Waals surface area contributed by atoms with Crippen molar-refractivity contribution in [2.24, 2.45) is 0 Å². The van der Waals surface area contributed by atoms with E-state index in [0.29, 0.717) is 16.6 Å². The average molecular weight is 356 g/mol. The summed E-state index contributed by atoms with van der Waals surface area (Å²) in [6.45, 7) is 5.86. The molecule has 0 radical (unpaired) electrons. The summed E-state index contributed by atoms with van der Waals surface area (Å²) in [6.07, 6.45) is 1.91. The van der Waals surface area contributed by atoms with Gasteiger partial charge in [-0.25, -0.2) is 9.78 Å². The Bertz CT molecular complexity index is 986. The zero-order chi connectivity index (χ0) is 18.1. The maximum atomic E-state index is 13.1. The van der Waals surface area contributed by atoms with Gasteiger partial charge in [-0.05, 0) is 25.8 Å². The molecule has 0 N–H and O–H groups in total. The van der Waals surface area contributed by atoms with Crippen LogP contribution in [0.1, 0.15) is 29.8 Å². The first kappa shape index (κ1) is 17.4. The minimum atomic E-state index is -0.666. The van der Waals surface area contributed by atoms with Gasteiger partial charge in [0.25, 0.3) is 5.56 Å². The van der Waals surface area contributed by atoms with Crippen LogP contribution in [0.3, 0.4) is 0 Å². The number of hydrogen-bond donors (Lipinski definition) is 0. The molecule has 0 aliphatic carbocycles. The molecule has 3 rings (SSSR count). The number of rotatable bonds is 4. The Kier molecular flexibility index (Phi) is 4.72. The monoisotopic (exact) mass is 356 g/mol. The summed E-state index contributed by atoms with van der Waals surface area (Å²) in [6, 6.07) is 7.41. The second kappa shape index (κ2) is 6.80. The SMILES string of the molecule is CC[C@@H](C(=O)OC)n1cnc2sc(C)c(-c3ccc(C)cc3)c2c1=O. The van der Waals surface area contributed by atoms with Gasteiger partial charge >= 0.3 is 5.97 Å². The van der Waals surface area contributed by atoms with Gasteiger partial charge in [-0.1, -0.05) is 36.8 Å². The second-order valence-corrected chi connectivity index (χ2v) is 7.19. The molecule has 2 heterocycles. The number of aryl methyl sites for hydroxylation is 2. The van der Waals surface area contributed by atoms with Gasteiger partial charge in [-0.3, -0.25) is 9.36 Å². The smallest absolute Gasteiger partial charge is 0.329 e. The molecule has 0 bridgehead atoms. The number of aromatic nitrogens is 2. The fraction of sp³-hybridized carbons (Fsp3) is 0.316. The third-order valence-corrected chi connectivity index (χ3v) is 5.36. The summed E-state index contributed by atoms with van der Waals surface area (Å²) >= 11 is 1.49. The Morgan fingerprint density at radius 2 is 1.96 bits per heavy atom. The summed E-state index contributed by atoms with van der Waals surface area (Å²) in [7, 11) is 1.33. The van der Waals surface area contributed by atoms with Crippen molar-refractivity contribution in [1.82, 2.24) is 9.55 Å². The molecular formula is C19H20N2O3S. The van der Waals surface area contributed by atoms with E-state index in [1.807, 2.05) is 45.0 Å². The number of thiophene rings is 1. The number of carbonyl (C=O) groups is 1. The molecule has 5 nitrogen and oxygen atoms in total. The molecule has 0 fully saturated rings. The number of carbonyl (C=O) groups excluding carboxylic acids is 1. The normalized spacial score (nSPS) is 12.3. The highest BCUT2D eigenvalue weighted by Gasteiger charge is 2.24. The summed E-state index contributed by atoms with van der Waals surface area (Å²) in [5.41, 5.74) is 2.83. The lowest BCUT2D eigenvalue weighted by Crippen LogP contribution is -2.30. The number of methoxy groups -OCH3 is 1. The highest BCUT2D eigenvalue weighted by molar-refractivity contribution is 7.19. The lowest BCUT2D eigenvalue weighted by Gasteiger charge is -2.15. The molecule has 0 saturated carbocycles. The molecule has 0 amide bonds. The van der Waals surface area contributed by atoms with Crippen LogP contribution in [-0.4, -0.2) is 22.6 Å². The molecule has 1 aromatic carbocycles. The van der Waals surface area contributed by atoms with Crippen LogP contribution in [0.5, 0.6) is 0 Å². The molecule has 1 atom stereocenters. The summed E-state index contributed by atoms with van der Waals surface area (Å²) in [5, 5.41) is 0.566. The molecule has 0 unspecified atom stereocenters. The molecule has 0 spiro atoms. The lowest BCUT2D eigenvalue weighted by atomic mass is 10.0. The van der Waals surface area contributed by atoms with Gasteiger partial charge in [0.2, 0.25) is 0 Å². The first-order chi connectivity index (χ1) is 12.0. The van der Waals surface area contributed by atoms with Gasteiger partial charge in [-0.15, -0.1) is 11.3 Å². The van der Waals surface area contributed by atoms with Gasteiger partial charge in [0.15, 0.2) is 0 Å². The van der Waals surface area contributed by atoms with E-state index >= 15 is 0 Å². The van der Waals surface area contributed by atoms with Crippen molar-refractivity contribution < 1.29 is 9.53 Å². The average Bonchev–Trinajstić information content (AvgIpc) is 2.95. The Morgan fingerprint density at radius 1 is 1.28 bits per heavy atom. The van der Waals surface area contributed by atoms with Crippen LogP contribution in [0.2, 0.25) is 0 Å². The van der Waals surface area contributed by atoms with Crippen molar-refractivity contribution in [1.29, 1.82) is 0 Å². The van der Waals surface area contributed by atoms with Crippen molar-refractivity contribution in [2.45, 2.75) is 33.2 Å². The van der Waals surface area contributed by atoms with Crippen LogP contribution >= 0.6 is 11.3 Å². The van der Waals surface area contributed by atoms with Gasteiger partial charge in [0.1, 0.15) is 10.9 Å². The number of ether oxygens (including phenoxy) is 1. The van der Waals surface area contributed by atoms with E-state index in [0.717, 1.165) is 21.6 Å². The fourth-order valence-electron chi connectivity index (χ4n) is 3.02. The largest absolute Gasteiger partial charge is 0.467 e. The topological polar surface area (TPSA) is 61.2 Å². The number of esters is 1. The van der Waals surface area contributed by atoms with Crippen LogP contribution in [0, 0.1) is 13.8 Å². The van der Waals surface area contributed by atoms with Crippen LogP contribution < -0.4 is 5.56 Å². The standard InChI is InChI=1S/C19H20N2O3S/c1-5-14(19(23)24-4)21-10-20-17-16(18(21)22)15(12(3)25-17)13-8-6-11(2)7-9-13/h6-10,14H,5H2,1-4H3/t14-/m0/s1. The van der Waals surface area contributed by atoms with E-state index in [1.54, 1.807) is 0 Å². The number of hydrogen-bond acceptors (Lipinski definition) is 5. The molecule has 6 heteroatoms. The van der Waals surface area contributed by atoms with Crippen LogP contribution in [0.4, 0.5) is 0 Å². The minimum Gasteiger partial charge on any atom is -0.467 e. The lowest BCUT2D eigenvalue weighted by molar-refractivity contribution is -0.144.